The number of nitrogens with zero attached hydrogens (tertiary/aromatic N) is 2. The first kappa shape index (κ1) is 13.4. The summed E-state index contributed by atoms with van der Waals surface area (Å²) in [6, 6.07) is 13.4. The van der Waals surface area contributed by atoms with Gasteiger partial charge in [0.1, 0.15) is 12.4 Å². The van der Waals surface area contributed by atoms with Gasteiger partial charge in [0.25, 0.3) is 0 Å². The maximum absolute atomic E-state index is 5.65. The summed E-state index contributed by atoms with van der Waals surface area (Å²) in [6.07, 6.45) is 1.81. The topological polar surface area (TPSA) is 51.4 Å². The molecule has 19 heavy (non-hydrogen) atoms. The summed E-state index contributed by atoms with van der Waals surface area (Å²) in [6.45, 7) is 2.32. The van der Waals surface area contributed by atoms with E-state index in [-0.39, 0.29) is 0 Å². The largest absolute Gasteiger partial charge is 0.492 e. The van der Waals surface area contributed by atoms with Gasteiger partial charge in [-0.2, -0.15) is 0 Å². The van der Waals surface area contributed by atoms with E-state index in [1.807, 2.05) is 48.7 Å². The molecule has 0 aliphatic rings. The van der Waals surface area contributed by atoms with Crippen molar-refractivity contribution < 1.29 is 4.74 Å². The Morgan fingerprint density at radius 1 is 1.16 bits per heavy atom. The Kier molecular flexibility index (Phi) is 4.75. The van der Waals surface area contributed by atoms with Crippen LogP contribution in [-0.2, 0) is 6.54 Å². The van der Waals surface area contributed by atoms with Gasteiger partial charge in [-0.05, 0) is 43.4 Å². The molecule has 100 valence electrons. The Bertz CT molecular complexity index is 485. The number of nitrogen functional groups attached to an aromatic ring is 1. The molecule has 1 aromatic carbocycles. The quantitative estimate of drug-likeness (QED) is 0.806. The zero-order valence-electron chi connectivity index (χ0n) is 11.1. The number of benzene rings is 1. The summed E-state index contributed by atoms with van der Waals surface area (Å²) >= 11 is 0. The van der Waals surface area contributed by atoms with Gasteiger partial charge in [-0.3, -0.25) is 9.88 Å². The number of likely N-dealkylation sites (N-methyl/N-ethyl adjacent to an activating group) is 1. The molecule has 0 bridgehead atoms. The van der Waals surface area contributed by atoms with Gasteiger partial charge in [-0.25, -0.2) is 0 Å². The fourth-order valence-electron chi connectivity index (χ4n) is 1.73. The van der Waals surface area contributed by atoms with Gasteiger partial charge in [0, 0.05) is 25.0 Å². The molecule has 0 radical (unpaired) electrons. The molecule has 0 unspecified atom stereocenters. The molecule has 0 aliphatic carbocycles. The predicted octanol–water partition coefficient (Wildman–Crippen LogP) is 2.17. The van der Waals surface area contributed by atoms with Crippen molar-refractivity contribution in [2.75, 3.05) is 25.9 Å². The lowest BCUT2D eigenvalue weighted by Gasteiger charge is -2.16. The van der Waals surface area contributed by atoms with Crippen LogP contribution in [0.4, 0.5) is 5.69 Å². The third-order valence-electron chi connectivity index (χ3n) is 2.78. The smallest absolute Gasteiger partial charge is 0.119 e. The van der Waals surface area contributed by atoms with E-state index in [0.717, 1.165) is 30.2 Å². The summed E-state index contributed by atoms with van der Waals surface area (Å²) in [5.74, 6) is 0.848. The van der Waals surface area contributed by atoms with Gasteiger partial charge in [0.15, 0.2) is 0 Å². The second-order valence-electron chi connectivity index (χ2n) is 4.48. The summed E-state index contributed by atoms with van der Waals surface area (Å²) < 4.78 is 5.65. The van der Waals surface area contributed by atoms with E-state index in [9.17, 15) is 0 Å². The fourth-order valence-corrected chi connectivity index (χ4v) is 1.73. The molecule has 0 spiro atoms. The van der Waals surface area contributed by atoms with Gasteiger partial charge in [-0.15, -0.1) is 0 Å². The Morgan fingerprint density at radius 3 is 2.63 bits per heavy atom. The first-order valence-corrected chi connectivity index (χ1v) is 6.31. The van der Waals surface area contributed by atoms with Crippen molar-refractivity contribution in [1.82, 2.24) is 9.88 Å². The molecule has 2 rings (SSSR count). The van der Waals surface area contributed by atoms with Crippen LogP contribution in [0.5, 0.6) is 5.75 Å². The van der Waals surface area contributed by atoms with Gasteiger partial charge < -0.3 is 10.5 Å². The van der Waals surface area contributed by atoms with Crippen molar-refractivity contribution in [2.24, 2.45) is 0 Å². The van der Waals surface area contributed by atoms with E-state index >= 15 is 0 Å². The van der Waals surface area contributed by atoms with Crippen molar-refractivity contribution in [1.29, 1.82) is 0 Å². The number of pyridine rings is 1. The Morgan fingerprint density at radius 2 is 1.95 bits per heavy atom. The molecule has 1 heterocycles. The molecule has 0 amide bonds. The van der Waals surface area contributed by atoms with E-state index in [1.165, 1.54) is 0 Å². The molecular weight excluding hydrogens is 238 g/mol. The molecule has 4 heteroatoms. The summed E-state index contributed by atoms with van der Waals surface area (Å²) in [5.41, 5.74) is 7.44. The monoisotopic (exact) mass is 257 g/mol. The van der Waals surface area contributed by atoms with Crippen LogP contribution < -0.4 is 10.5 Å². The van der Waals surface area contributed by atoms with Crippen LogP contribution in [0.25, 0.3) is 0 Å². The average Bonchev–Trinajstić information content (AvgIpc) is 2.42. The lowest BCUT2D eigenvalue weighted by atomic mass is 10.3. The van der Waals surface area contributed by atoms with Gasteiger partial charge >= 0.3 is 0 Å². The van der Waals surface area contributed by atoms with Crippen LogP contribution in [0.1, 0.15) is 5.69 Å². The zero-order valence-corrected chi connectivity index (χ0v) is 11.1. The van der Waals surface area contributed by atoms with Crippen LogP contribution in [-0.4, -0.2) is 30.1 Å². The van der Waals surface area contributed by atoms with E-state index in [4.69, 9.17) is 10.5 Å². The highest BCUT2D eigenvalue weighted by Gasteiger charge is 2.01. The minimum Gasteiger partial charge on any atom is -0.492 e. The number of hydrogen-bond donors (Lipinski definition) is 1. The molecule has 0 saturated carbocycles. The van der Waals surface area contributed by atoms with E-state index < -0.39 is 0 Å². The van der Waals surface area contributed by atoms with E-state index in [1.54, 1.807) is 0 Å². The van der Waals surface area contributed by atoms with Crippen LogP contribution >= 0.6 is 0 Å². The number of aromatic nitrogens is 1. The lowest BCUT2D eigenvalue weighted by Crippen LogP contribution is -2.24. The number of nitrogens with two attached hydrogens (primary N) is 1. The first-order valence-electron chi connectivity index (χ1n) is 6.31. The van der Waals surface area contributed by atoms with E-state index in [0.29, 0.717) is 6.61 Å². The summed E-state index contributed by atoms with van der Waals surface area (Å²) in [7, 11) is 2.06. The van der Waals surface area contributed by atoms with Crippen molar-refractivity contribution in [3.05, 3.63) is 54.4 Å². The second kappa shape index (κ2) is 6.75. The Balaban J connectivity index is 1.72. The van der Waals surface area contributed by atoms with E-state index in [2.05, 4.69) is 16.9 Å². The maximum atomic E-state index is 5.65. The van der Waals surface area contributed by atoms with Gasteiger partial charge in [-0.1, -0.05) is 6.07 Å². The summed E-state index contributed by atoms with van der Waals surface area (Å²) in [4.78, 5) is 6.48. The highest BCUT2D eigenvalue weighted by atomic mass is 16.5. The summed E-state index contributed by atoms with van der Waals surface area (Å²) in [5, 5.41) is 0. The second-order valence-corrected chi connectivity index (χ2v) is 4.48. The molecule has 0 atom stereocenters. The zero-order chi connectivity index (χ0) is 13.5. The normalized spacial score (nSPS) is 10.6. The molecule has 4 nitrogen and oxygen atoms in total. The molecule has 0 saturated heterocycles. The third-order valence-corrected chi connectivity index (χ3v) is 2.78. The Hall–Kier alpha value is -2.07. The number of rotatable bonds is 6. The van der Waals surface area contributed by atoms with Crippen LogP contribution in [0.2, 0.25) is 0 Å². The lowest BCUT2D eigenvalue weighted by molar-refractivity contribution is 0.231. The number of hydrogen-bond acceptors (Lipinski definition) is 4. The molecular formula is C15H19N3O. The molecule has 1 aromatic heterocycles. The van der Waals surface area contributed by atoms with Crippen LogP contribution in [0, 0.1) is 0 Å². The molecule has 2 N–H and O–H groups in total. The highest BCUT2D eigenvalue weighted by molar-refractivity contribution is 5.41. The molecule has 0 aliphatic heterocycles. The first-order chi connectivity index (χ1) is 9.24. The molecule has 2 aromatic rings. The van der Waals surface area contributed by atoms with Gasteiger partial charge in [0.2, 0.25) is 0 Å². The van der Waals surface area contributed by atoms with Crippen LogP contribution in [0.3, 0.4) is 0 Å². The van der Waals surface area contributed by atoms with Crippen molar-refractivity contribution in [3.63, 3.8) is 0 Å². The SMILES string of the molecule is CN(CCOc1ccc(N)cc1)Cc1ccccn1. The van der Waals surface area contributed by atoms with Crippen molar-refractivity contribution in [3.8, 4) is 5.75 Å². The predicted molar refractivity (Wildman–Crippen MR) is 76.9 cm³/mol. The minimum atomic E-state index is 0.646. The third kappa shape index (κ3) is 4.60. The van der Waals surface area contributed by atoms with Crippen molar-refractivity contribution in [2.45, 2.75) is 6.54 Å². The van der Waals surface area contributed by atoms with Crippen molar-refractivity contribution >= 4 is 5.69 Å². The fraction of sp³-hybridized carbons (Fsp3) is 0.267. The standard InChI is InChI=1S/C15H19N3O/c1-18(12-14-4-2-3-9-17-14)10-11-19-15-7-5-13(16)6-8-15/h2-9H,10-12,16H2,1H3. The minimum absolute atomic E-state index is 0.646. The average molecular weight is 257 g/mol. The molecule has 0 fully saturated rings. The Labute approximate surface area is 113 Å². The number of ether oxygens (including phenoxy) is 1. The van der Waals surface area contributed by atoms with Gasteiger partial charge in [0.05, 0.1) is 5.69 Å². The maximum Gasteiger partial charge on any atom is 0.119 e. The van der Waals surface area contributed by atoms with Crippen LogP contribution in [0.15, 0.2) is 48.7 Å². The number of anilines is 1. The highest BCUT2D eigenvalue weighted by Crippen LogP contribution is 2.12.